The molecule has 18 heavy (non-hydrogen) atoms. The molecule has 1 aromatic rings. The highest BCUT2D eigenvalue weighted by atomic mass is 16.5. The Morgan fingerprint density at radius 1 is 1.50 bits per heavy atom. The highest BCUT2D eigenvalue weighted by molar-refractivity contribution is 5.75. The minimum Gasteiger partial charge on any atom is -0.484 e. The molecule has 1 fully saturated rings. The number of nitrogens with two attached hydrogens (primary N) is 1. The quantitative estimate of drug-likeness (QED) is 0.804. The Balaban J connectivity index is 1.85. The number of primary amides is 1. The lowest BCUT2D eigenvalue weighted by atomic mass is 10.2. The molecule has 1 heterocycles. The fourth-order valence-electron chi connectivity index (χ4n) is 2.09. The SMILES string of the molecule is CN1CCC(Nc2ccc(OCC(N)=O)cc2)C1. The molecule has 3 N–H and O–H groups in total. The first-order valence-electron chi connectivity index (χ1n) is 6.10. The van der Waals surface area contributed by atoms with Gasteiger partial charge in [-0.15, -0.1) is 0 Å². The fraction of sp³-hybridized carbons (Fsp3) is 0.462. The van der Waals surface area contributed by atoms with E-state index >= 15 is 0 Å². The average Bonchev–Trinajstić information content (AvgIpc) is 2.74. The third kappa shape index (κ3) is 3.63. The number of likely N-dealkylation sites (tertiary alicyclic amines) is 1. The number of ether oxygens (including phenoxy) is 1. The Kier molecular flexibility index (Phi) is 4.04. The average molecular weight is 249 g/mol. The van der Waals surface area contributed by atoms with Gasteiger partial charge in [0, 0.05) is 18.3 Å². The van der Waals surface area contributed by atoms with Crippen LogP contribution in [0.15, 0.2) is 24.3 Å². The first-order chi connectivity index (χ1) is 8.63. The number of amides is 1. The number of nitrogens with zero attached hydrogens (tertiary/aromatic N) is 1. The summed E-state index contributed by atoms with van der Waals surface area (Å²) in [4.78, 5) is 12.9. The lowest BCUT2D eigenvalue weighted by Crippen LogP contribution is -2.23. The Labute approximate surface area is 107 Å². The van der Waals surface area contributed by atoms with Crippen LogP contribution in [0.25, 0.3) is 0 Å². The van der Waals surface area contributed by atoms with Gasteiger partial charge in [0.05, 0.1) is 0 Å². The lowest BCUT2D eigenvalue weighted by molar-refractivity contribution is -0.119. The summed E-state index contributed by atoms with van der Waals surface area (Å²) in [6.45, 7) is 2.12. The number of hydrogen-bond donors (Lipinski definition) is 2. The number of rotatable bonds is 5. The predicted molar refractivity (Wildman–Crippen MR) is 70.7 cm³/mol. The van der Waals surface area contributed by atoms with E-state index in [4.69, 9.17) is 10.5 Å². The first-order valence-corrected chi connectivity index (χ1v) is 6.10. The van der Waals surface area contributed by atoms with Gasteiger partial charge in [0.15, 0.2) is 6.61 Å². The summed E-state index contributed by atoms with van der Waals surface area (Å²) in [7, 11) is 2.13. The molecule has 1 amide bonds. The van der Waals surface area contributed by atoms with Gasteiger partial charge >= 0.3 is 0 Å². The summed E-state index contributed by atoms with van der Waals surface area (Å²) in [5.74, 6) is 0.189. The van der Waals surface area contributed by atoms with E-state index in [1.54, 1.807) is 0 Å². The van der Waals surface area contributed by atoms with E-state index in [0.29, 0.717) is 11.8 Å². The number of carbonyl (C=O) groups is 1. The second kappa shape index (κ2) is 5.73. The number of nitrogens with one attached hydrogen (secondary N) is 1. The molecule has 0 spiro atoms. The van der Waals surface area contributed by atoms with Gasteiger partial charge in [-0.3, -0.25) is 4.79 Å². The zero-order valence-electron chi connectivity index (χ0n) is 10.6. The van der Waals surface area contributed by atoms with Gasteiger partial charge in [-0.1, -0.05) is 0 Å². The van der Waals surface area contributed by atoms with Crippen LogP contribution < -0.4 is 15.8 Å². The molecule has 1 atom stereocenters. The molecule has 0 saturated carbocycles. The van der Waals surface area contributed by atoms with E-state index in [0.717, 1.165) is 25.2 Å². The summed E-state index contributed by atoms with van der Waals surface area (Å²) in [6, 6.07) is 8.09. The first kappa shape index (κ1) is 12.7. The summed E-state index contributed by atoms with van der Waals surface area (Å²) in [6.07, 6.45) is 1.16. The Morgan fingerprint density at radius 2 is 2.22 bits per heavy atom. The van der Waals surface area contributed by atoms with Crippen molar-refractivity contribution in [2.75, 3.05) is 32.1 Å². The molecule has 5 nitrogen and oxygen atoms in total. The summed E-state index contributed by atoms with van der Waals surface area (Å²) in [5, 5.41) is 3.47. The van der Waals surface area contributed by atoms with E-state index < -0.39 is 5.91 Å². The van der Waals surface area contributed by atoms with Crippen molar-refractivity contribution in [1.29, 1.82) is 0 Å². The third-order valence-corrected chi connectivity index (χ3v) is 3.00. The van der Waals surface area contributed by atoms with Gasteiger partial charge in [-0.05, 0) is 44.3 Å². The largest absolute Gasteiger partial charge is 0.484 e. The molecular formula is C13H19N3O2. The number of benzene rings is 1. The Hall–Kier alpha value is -1.75. The third-order valence-electron chi connectivity index (χ3n) is 3.00. The summed E-state index contributed by atoms with van der Waals surface area (Å²) >= 11 is 0. The van der Waals surface area contributed by atoms with Crippen LogP contribution in [0, 0.1) is 0 Å². The van der Waals surface area contributed by atoms with Crippen LogP contribution in [0.4, 0.5) is 5.69 Å². The van der Waals surface area contributed by atoms with E-state index in [9.17, 15) is 4.79 Å². The maximum Gasteiger partial charge on any atom is 0.255 e. The standard InChI is InChI=1S/C13H19N3O2/c1-16-7-6-11(8-16)15-10-2-4-12(5-3-10)18-9-13(14)17/h2-5,11,15H,6-9H2,1H3,(H2,14,17). The van der Waals surface area contributed by atoms with Crippen molar-refractivity contribution >= 4 is 11.6 Å². The predicted octanol–water partition coefficient (Wildman–Crippen LogP) is 0.667. The zero-order chi connectivity index (χ0) is 13.0. The van der Waals surface area contributed by atoms with Crippen molar-refractivity contribution in [2.45, 2.75) is 12.5 Å². The van der Waals surface area contributed by atoms with Crippen molar-refractivity contribution in [1.82, 2.24) is 4.90 Å². The highest BCUT2D eigenvalue weighted by Crippen LogP contribution is 2.18. The molecule has 0 bridgehead atoms. The molecule has 1 unspecified atom stereocenters. The van der Waals surface area contributed by atoms with Crippen LogP contribution in [0.1, 0.15) is 6.42 Å². The molecule has 2 rings (SSSR count). The molecule has 1 aliphatic heterocycles. The monoisotopic (exact) mass is 249 g/mol. The van der Waals surface area contributed by atoms with Crippen LogP contribution in [0.2, 0.25) is 0 Å². The zero-order valence-corrected chi connectivity index (χ0v) is 10.6. The van der Waals surface area contributed by atoms with Crippen LogP contribution in [-0.2, 0) is 4.79 Å². The van der Waals surface area contributed by atoms with Gasteiger partial charge in [0.2, 0.25) is 0 Å². The van der Waals surface area contributed by atoms with Gasteiger partial charge in [0.1, 0.15) is 5.75 Å². The summed E-state index contributed by atoms with van der Waals surface area (Å²) < 4.78 is 5.20. The van der Waals surface area contributed by atoms with E-state index in [1.807, 2.05) is 24.3 Å². The molecule has 0 aliphatic carbocycles. The molecule has 1 aliphatic rings. The molecule has 0 aromatic heterocycles. The minimum absolute atomic E-state index is 0.0831. The van der Waals surface area contributed by atoms with Crippen LogP contribution >= 0.6 is 0 Å². The minimum atomic E-state index is -0.466. The molecule has 5 heteroatoms. The van der Waals surface area contributed by atoms with Crippen LogP contribution in [0.5, 0.6) is 5.75 Å². The van der Waals surface area contributed by atoms with Gasteiger partial charge in [0.25, 0.3) is 5.91 Å². The Morgan fingerprint density at radius 3 is 2.78 bits per heavy atom. The number of likely N-dealkylation sites (N-methyl/N-ethyl adjacent to an activating group) is 1. The van der Waals surface area contributed by atoms with E-state index in [-0.39, 0.29) is 6.61 Å². The highest BCUT2D eigenvalue weighted by Gasteiger charge is 2.18. The number of hydrogen-bond acceptors (Lipinski definition) is 4. The van der Waals surface area contributed by atoms with Crippen molar-refractivity contribution in [2.24, 2.45) is 5.73 Å². The molecule has 1 aromatic carbocycles. The number of carbonyl (C=O) groups excluding carboxylic acids is 1. The van der Waals surface area contributed by atoms with Gasteiger partial charge in [-0.25, -0.2) is 0 Å². The van der Waals surface area contributed by atoms with Crippen LogP contribution in [-0.4, -0.2) is 43.6 Å². The smallest absolute Gasteiger partial charge is 0.255 e. The summed E-state index contributed by atoms with van der Waals surface area (Å²) in [5.41, 5.74) is 6.08. The van der Waals surface area contributed by atoms with Crippen molar-refractivity contribution < 1.29 is 9.53 Å². The van der Waals surface area contributed by atoms with Crippen LogP contribution in [0.3, 0.4) is 0 Å². The van der Waals surface area contributed by atoms with Gasteiger partial charge < -0.3 is 20.7 Å². The van der Waals surface area contributed by atoms with Crippen molar-refractivity contribution in [3.63, 3.8) is 0 Å². The molecular weight excluding hydrogens is 230 g/mol. The Bertz CT molecular complexity index is 405. The normalized spacial score (nSPS) is 19.7. The molecule has 0 radical (unpaired) electrons. The van der Waals surface area contributed by atoms with Gasteiger partial charge in [-0.2, -0.15) is 0 Å². The maximum absolute atomic E-state index is 10.6. The maximum atomic E-state index is 10.6. The fourth-order valence-corrected chi connectivity index (χ4v) is 2.09. The lowest BCUT2D eigenvalue weighted by Gasteiger charge is -2.14. The van der Waals surface area contributed by atoms with Crippen molar-refractivity contribution in [3.8, 4) is 5.75 Å². The van der Waals surface area contributed by atoms with E-state index in [2.05, 4.69) is 17.3 Å². The molecule has 98 valence electrons. The topological polar surface area (TPSA) is 67.6 Å². The van der Waals surface area contributed by atoms with E-state index in [1.165, 1.54) is 0 Å². The second-order valence-electron chi connectivity index (χ2n) is 4.67. The van der Waals surface area contributed by atoms with Crippen molar-refractivity contribution in [3.05, 3.63) is 24.3 Å². The number of anilines is 1. The molecule has 1 saturated heterocycles. The second-order valence-corrected chi connectivity index (χ2v) is 4.67.